The van der Waals surface area contributed by atoms with E-state index in [1.165, 1.54) is 11.6 Å². The number of nitrogens with one attached hydrogen (secondary N) is 1. The fraction of sp³-hybridized carbons (Fsp3) is 0.308. The number of aryl methyl sites for hydroxylation is 1. The van der Waals surface area contributed by atoms with Crippen LogP contribution in [0, 0.1) is 0 Å². The summed E-state index contributed by atoms with van der Waals surface area (Å²) in [5, 5.41) is 3.93. The molecule has 1 aliphatic heterocycles. The van der Waals surface area contributed by atoms with Crippen molar-refractivity contribution in [2.24, 2.45) is 14.1 Å². The number of fused-ring (bicyclic) bond motifs is 1. The predicted molar refractivity (Wildman–Crippen MR) is 150 cm³/mol. The molecule has 0 radical (unpaired) electrons. The van der Waals surface area contributed by atoms with E-state index in [0.29, 0.717) is 65.6 Å². The van der Waals surface area contributed by atoms with E-state index < -0.39 is 11.2 Å². The summed E-state index contributed by atoms with van der Waals surface area (Å²) in [6.07, 6.45) is 0. The highest BCUT2D eigenvalue weighted by Crippen LogP contribution is 2.25. The van der Waals surface area contributed by atoms with Gasteiger partial charge in [0.15, 0.2) is 11.2 Å². The van der Waals surface area contributed by atoms with E-state index in [-0.39, 0.29) is 12.5 Å². The summed E-state index contributed by atoms with van der Waals surface area (Å²) >= 11 is 12.6. The third-order valence-electron chi connectivity index (χ3n) is 6.78. The summed E-state index contributed by atoms with van der Waals surface area (Å²) in [6, 6.07) is 14.6. The second-order valence-electron chi connectivity index (χ2n) is 9.26. The maximum absolute atomic E-state index is 13.2. The number of benzene rings is 2. The number of hydrogen-bond acceptors (Lipinski definition) is 6. The molecule has 2 aromatic heterocycles. The van der Waals surface area contributed by atoms with Gasteiger partial charge in [0.25, 0.3) is 5.56 Å². The van der Waals surface area contributed by atoms with Gasteiger partial charge in [0.2, 0.25) is 11.9 Å². The van der Waals surface area contributed by atoms with Crippen LogP contribution in [0.25, 0.3) is 11.2 Å². The van der Waals surface area contributed by atoms with Gasteiger partial charge < -0.3 is 10.2 Å². The van der Waals surface area contributed by atoms with E-state index in [4.69, 9.17) is 28.2 Å². The lowest BCUT2D eigenvalue weighted by Gasteiger charge is -2.35. The van der Waals surface area contributed by atoms with Gasteiger partial charge in [-0.1, -0.05) is 53.5 Å². The number of carbonyl (C=O) groups excluding carboxylic acids is 1. The van der Waals surface area contributed by atoms with Crippen LogP contribution < -0.4 is 21.5 Å². The lowest BCUT2D eigenvalue weighted by Crippen LogP contribution is -2.49. The van der Waals surface area contributed by atoms with Gasteiger partial charge in [0.05, 0.1) is 23.8 Å². The number of carbonyl (C=O) groups is 1. The van der Waals surface area contributed by atoms with Crippen molar-refractivity contribution in [2.45, 2.75) is 6.54 Å². The standard InChI is InChI=1S/C26H27Cl2N7O3/c1-31-23-22(24(37)32(2)26(31)38)35(15-17-7-3-4-8-18(17)27)25(30-23)34-13-11-33(12-14-34)16-21(36)29-20-10-6-5-9-19(20)28/h3-10H,11-16H2,1-2H3,(H,29,36). The van der Waals surface area contributed by atoms with Crippen LogP contribution in [-0.2, 0) is 25.4 Å². The van der Waals surface area contributed by atoms with E-state index in [0.717, 1.165) is 10.1 Å². The number of nitrogens with zero attached hydrogens (tertiary/aromatic N) is 6. The minimum atomic E-state index is -0.439. The number of piperazine rings is 1. The summed E-state index contributed by atoms with van der Waals surface area (Å²) < 4.78 is 4.31. The first-order valence-electron chi connectivity index (χ1n) is 12.2. The zero-order valence-electron chi connectivity index (χ0n) is 21.0. The molecule has 5 rings (SSSR count). The quantitative estimate of drug-likeness (QED) is 0.392. The van der Waals surface area contributed by atoms with E-state index >= 15 is 0 Å². The summed E-state index contributed by atoms with van der Waals surface area (Å²) in [6.45, 7) is 2.94. The number of halogens is 2. The van der Waals surface area contributed by atoms with Gasteiger partial charge in [-0.2, -0.15) is 4.98 Å². The fourth-order valence-corrected chi connectivity index (χ4v) is 5.06. The fourth-order valence-electron chi connectivity index (χ4n) is 4.68. The van der Waals surface area contributed by atoms with Crippen molar-refractivity contribution in [3.8, 4) is 0 Å². The largest absolute Gasteiger partial charge is 0.340 e. The van der Waals surface area contributed by atoms with Gasteiger partial charge in [0, 0.05) is 45.3 Å². The molecule has 0 spiro atoms. The Labute approximate surface area is 228 Å². The molecule has 0 bridgehead atoms. The van der Waals surface area contributed by atoms with Crippen LogP contribution in [0.4, 0.5) is 11.6 Å². The van der Waals surface area contributed by atoms with Crippen molar-refractivity contribution in [3.05, 3.63) is 85.0 Å². The van der Waals surface area contributed by atoms with E-state index in [9.17, 15) is 14.4 Å². The zero-order chi connectivity index (χ0) is 27.0. The van der Waals surface area contributed by atoms with Gasteiger partial charge in [-0.05, 0) is 23.8 Å². The molecule has 4 aromatic rings. The van der Waals surface area contributed by atoms with Crippen molar-refractivity contribution < 1.29 is 4.79 Å². The molecule has 1 saturated heterocycles. The average Bonchev–Trinajstić information content (AvgIpc) is 3.28. The SMILES string of the molecule is Cn1c(=O)c2c(nc(N3CCN(CC(=O)Nc4ccccc4Cl)CC3)n2Cc2ccccc2Cl)n(C)c1=O. The van der Waals surface area contributed by atoms with Crippen LogP contribution in [0.2, 0.25) is 10.0 Å². The van der Waals surface area contributed by atoms with E-state index in [1.807, 2.05) is 34.9 Å². The Morgan fingerprint density at radius 3 is 2.26 bits per heavy atom. The summed E-state index contributed by atoms with van der Waals surface area (Å²) in [7, 11) is 3.07. The van der Waals surface area contributed by atoms with Crippen LogP contribution in [0.3, 0.4) is 0 Å². The molecule has 0 atom stereocenters. The number of rotatable bonds is 6. The number of amides is 1. The number of imidazole rings is 1. The Morgan fingerprint density at radius 1 is 0.921 bits per heavy atom. The highest BCUT2D eigenvalue weighted by molar-refractivity contribution is 6.33. The molecular weight excluding hydrogens is 529 g/mol. The van der Waals surface area contributed by atoms with Crippen LogP contribution in [0.15, 0.2) is 58.1 Å². The smallest absolute Gasteiger partial charge is 0.332 e. The topological polar surface area (TPSA) is 97.4 Å². The molecular formula is C26H27Cl2N7O3. The summed E-state index contributed by atoms with van der Waals surface area (Å²) in [5.41, 5.74) is 1.22. The highest BCUT2D eigenvalue weighted by Gasteiger charge is 2.26. The summed E-state index contributed by atoms with van der Waals surface area (Å²) in [5.74, 6) is 0.439. The van der Waals surface area contributed by atoms with Crippen molar-refractivity contribution in [2.75, 3.05) is 42.9 Å². The molecule has 1 amide bonds. The lowest BCUT2D eigenvalue weighted by atomic mass is 10.2. The van der Waals surface area contributed by atoms with E-state index in [2.05, 4.69) is 15.1 Å². The Hall–Kier alpha value is -3.60. The Bertz CT molecular complexity index is 1630. The lowest BCUT2D eigenvalue weighted by molar-refractivity contribution is -0.117. The zero-order valence-corrected chi connectivity index (χ0v) is 22.5. The third-order valence-corrected chi connectivity index (χ3v) is 7.48. The van der Waals surface area contributed by atoms with Gasteiger partial charge in [-0.25, -0.2) is 4.79 Å². The molecule has 0 unspecified atom stereocenters. The molecule has 1 aliphatic rings. The minimum Gasteiger partial charge on any atom is -0.340 e. The monoisotopic (exact) mass is 555 g/mol. The third kappa shape index (κ3) is 4.94. The molecule has 3 heterocycles. The molecule has 1 N–H and O–H groups in total. The van der Waals surface area contributed by atoms with Gasteiger partial charge >= 0.3 is 5.69 Å². The van der Waals surface area contributed by atoms with Gasteiger partial charge in [-0.3, -0.25) is 28.2 Å². The second kappa shape index (κ2) is 10.6. The van der Waals surface area contributed by atoms with Crippen LogP contribution in [-0.4, -0.2) is 62.2 Å². The predicted octanol–water partition coefficient (Wildman–Crippen LogP) is 2.55. The average molecular weight is 556 g/mol. The molecule has 38 heavy (non-hydrogen) atoms. The molecule has 10 nitrogen and oxygen atoms in total. The van der Waals surface area contributed by atoms with Crippen molar-refractivity contribution in [1.29, 1.82) is 0 Å². The van der Waals surface area contributed by atoms with Crippen LogP contribution in [0.1, 0.15) is 5.56 Å². The normalized spacial score (nSPS) is 14.3. The minimum absolute atomic E-state index is 0.143. The van der Waals surface area contributed by atoms with Crippen LogP contribution >= 0.6 is 23.2 Å². The number of anilines is 2. The molecule has 2 aromatic carbocycles. The molecule has 0 aliphatic carbocycles. The van der Waals surface area contributed by atoms with Crippen molar-refractivity contribution >= 4 is 51.9 Å². The van der Waals surface area contributed by atoms with Crippen molar-refractivity contribution in [3.63, 3.8) is 0 Å². The number of aromatic nitrogens is 4. The number of hydrogen-bond donors (Lipinski definition) is 1. The maximum atomic E-state index is 13.2. The second-order valence-corrected chi connectivity index (χ2v) is 10.1. The first-order valence-corrected chi connectivity index (χ1v) is 12.9. The number of para-hydroxylation sites is 1. The molecule has 12 heteroatoms. The maximum Gasteiger partial charge on any atom is 0.332 e. The van der Waals surface area contributed by atoms with Gasteiger partial charge in [-0.15, -0.1) is 0 Å². The Morgan fingerprint density at radius 2 is 1.58 bits per heavy atom. The molecule has 0 saturated carbocycles. The van der Waals surface area contributed by atoms with Crippen LogP contribution in [0.5, 0.6) is 0 Å². The van der Waals surface area contributed by atoms with Crippen molar-refractivity contribution in [1.82, 2.24) is 23.6 Å². The first kappa shape index (κ1) is 26.0. The Kier molecular flexibility index (Phi) is 7.29. The molecule has 1 fully saturated rings. The van der Waals surface area contributed by atoms with Gasteiger partial charge in [0.1, 0.15) is 0 Å². The first-order chi connectivity index (χ1) is 18.2. The Balaban J connectivity index is 1.41. The highest BCUT2D eigenvalue weighted by atomic mass is 35.5. The summed E-state index contributed by atoms with van der Waals surface area (Å²) in [4.78, 5) is 47.3. The molecule has 198 valence electrons. The van der Waals surface area contributed by atoms with E-state index in [1.54, 1.807) is 25.2 Å².